The summed E-state index contributed by atoms with van der Waals surface area (Å²) in [6.07, 6.45) is 0.584. The third-order valence-electron chi connectivity index (χ3n) is 2.84. The van der Waals surface area contributed by atoms with Crippen LogP contribution in [0.3, 0.4) is 0 Å². The second-order valence-corrected chi connectivity index (χ2v) is 4.68. The van der Waals surface area contributed by atoms with E-state index in [1.54, 1.807) is 7.11 Å². The predicted molar refractivity (Wildman–Crippen MR) is 70.4 cm³/mol. The van der Waals surface area contributed by atoms with Gasteiger partial charge in [0.05, 0.1) is 13.2 Å². The Balaban J connectivity index is 2.53. The van der Waals surface area contributed by atoms with Gasteiger partial charge in [0, 0.05) is 13.1 Å². The van der Waals surface area contributed by atoms with Gasteiger partial charge < -0.3 is 14.7 Å². The molecule has 0 saturated carbocycles. The second kappa shape index (κ2) is 6.62. The van der Waals surface area contributed by atoms with E-state index in [0.29, 0.717) is 0 Å². The molecule has 0 aliphatic heterocycles. The maximum atomic E-state index is 9.24. The number of aliphatic hydroxyl groups excluding tert-OH is 1. The molecule has 1 aromatic carbocycles. The van der Waals surface area contributed by atoms with E-state index < -0.39 is 0 Å². The second-order valence-electron chi connectivity index (χ2n) is 4.68. The van der Waals surface area contributed by atoms with Crippen LogP contribution in [0.15, 0.2) is 18.2 Å². The van der Waals surface area contributed by atoms with Crippen LogP contribution in [0.4, 0.5) is 0 Å². The number of aliphatic hydroxyl groups is 1. The van der Waals surface area contributed by atoms with E-state index >= 15 is 0 Å². The Labute approximate surface area is 104 Å². The third-order valence-corrected chi connectivity index (χ3v) is 2.84. The zero-order valence-electron chi connectivity index (χ0n) is 11.2. The van der Waals surface area contributed by atoms with Crippen LogP contribution in [0.2, 0.25) is 0 Å². The standard InChI is InChI=1S/C14H23NO2/c1-11-9-13(5-6-14(11)17-4)10-15(3)8-7-12(2)16/h5-6,9,12,16H,7-8,10H2,1-4H3/t12-/m1/s1. The van der Waals surface area contributed by atoms with Crippen molar-refractivity contribution in [1.82, 2.24) is 4.90 Å². The molecule has 0 aromatic heterocycles. The summed E-state index contributed by atoms with van der Waals surface area (Å²) in [6, 6.07) is 6.25. The smallest absolute Gasteiger partial charge is 0.121 e. The van der Waals surface area contributed by atoms with E-state index in [9.17, 15) is 5.11 Å². The summed E-state index contributed by atoms with van der Waals surface area (Å²) in [5, 5.41) is 9.24. The van der Waals surface area contributed by atoms with E-state index in [1.807, 2.05) is 13.0 Å². The molecule has 0 unspecified atom stereocenters. The molecular weight excluding hydrogens is 214 g/mol. The first kappa shape index (κ1) is 14.0. The summed E-state index contributed by atoms with van der Waals surface area (Å²) in [5.74, 6) is 0.931. The lowest BCUT2D eigenvalue weighted by molar-refractivity contribution is 0.163. The molecule has 0 spiro atoms. The number of benzene rings is 1. The molecule has 17 heavy (non-hydrogen) atoms. The van der Waals surface area contributed by atoms with Crippen molar-refractivity contribution in [2.24, 2.45) is 0 Å². The van der Waals surface area contributed by atoms with Crippen LogP contribution < -0.4 is 4.74 Å². The van der Waals surface area contributed by atoms with Crippen LogP contribution in [0.25, 0.3) is 0 Å². The average Bonchev–Trinajstić information content (AvgIpc) is 2.26. The number of nitrogens with zero attached hydrogens (tertiary/aromatic N) is 1. The fourth-order valence-electron chi connectivity index (χ4n) is 1.84. The van der Waals surface area contributed by atoms with Gasteiger partial charge in [0.2, 0.25) is 0 Å². The van der Waals surface area contributed by atoms with E-state index in [-0.39, 0.29) is 6.10 Å². The van der Waals surface area contributed by atoms with Gasteiger partial charge in [0.1, 0.15) is 5.75 Å². The third kappa shape index (κ3) is 4.75. The van der Waals surface area contributed by atoms with Crippen molar-refractivity contribution in [1.29, 1.82) is 0 Å². The molecule has 0 saturated heterocycles. The number of ether oxygens (including phenoxy) is 1. The highest BCUT2D eigenvalue weighted by atomic mass is 16.5. The SMILES string of the molecule is COc1ccc(CN(C)CC[C@@H](C)O)cc1C. The Morgan fingerprint density at radius 2 is 2.12 bits per heavy atom. The van der Waals surface area contributed by atoms with Crippen molar-refractivity contribution in [3.63, 3.8) is 0 Å². The molecule has 0 amide bonds. The highest BCUT2D eigenvalue weighted by molar-refractivity contribution is 5.36. The van der Waals surface area contributed by atoms with Gasteiger partial charge in [-0.25, -0.2) is 0 Å². The molecule has 1 aromatic rings. The van der Waals surface area contributed by atoms with Crippen LogP contribution in [0, 0.1) is 6.92 Å². The molecule has 1 atom stereocenters. The van der Waals surface area contributed by atoms with Crippen molar-refractivity contribution in [2.75, 3.05) is 20.7 Å². The van der Waals surface area contributed by atoms with Crippen LogP contribution in [0.5, 0.6) is 5.75 Å². The molecule has 0 aliphatic rings. The minimum Gasteiger partial charge on any atom is -0.496 e. The fraction of sp³-hybridized carbons (Fsp3) is 0.571. The first-order valence-corrected chi connectivity index (χ1v) is 6.03. The highest BCUT2D eigenvalue weighted by Crippen LogP contribution is 2.19. The van der Waals surface area contributed by atoms with Gasteiger partial charge in [-0.15, -0.1) is 0 Å². The number of rotatable bonds is 6. The molecule has 0 fully saturated rings. The van der Waals surface area contributed by atoms with E-state index in [0.717, 1.165) is 30.8 Å². The lowest BCUT2D eigenvalue weighted by Gasteiger charge is -2.18. The first-order chi connectivity index (χ1) is 8.02. The molecule has 0 bridgehead atoms. The number of aryl methyl sites for hydroxylation is 1. The minimum absolute atomic E-state index is 0.227. The number of hydrogen-bond donors (Lipinski definition) is 1. The number of methoxy groups -OCH3 is 1. The zero-order chi connectivity index (χ0) is 12.8. The minimum atomic E-state index is -0.227. The zero-order valence-corrected chi connectivity index (χ0v) is 11.2. The molecule has 0 aliphatic carbocycles. The molecule has 3 heteroatoms. The fourth-order valence-corrected chi connectivity index (χ4v) is 1.84. The summed E-state index contributed by atoms with van der Waals surface area (Å²) in [6.45, 7) is 5.68. The summed E-state index contributed by atoms with van der Waals surface area (Å²) in [4.78, 5) is 2.22. The van der Waals surface area contributed by atoms with Gasteiger partial charge in [-0.2, -0.15) is 0 Å². The summed E-state index contributed by atoms with van der Waals surface area (Å²) >= 11 is 0. The largest absolute Gasteiger partial charge is 0.496 e. The van der Waals surface area contributed by atoms with E-state index in [4.69, 9.17) is 4.74 Å². The lowest BCUT2D eigenvalue weighted by atomic mass is 10.1. The Morgan fingerprint density at radius 1 is 1.41 bits per heavy atom. The lowest BCUT2D eigenvalue weighted by Crippen LogP contribution is -2.22. The van der Waals surface area contributed by atoms with Crippen molar-refractivity contribution in [3.8, 4) is 5.75 Å². The van der Waals surface area contributed by atoms with Crippen LogP contribution >= 0.6 is 0 Å². The summed E-state index contributed by atoms with van der Waals surface area (Å²) in [5.41, 5.74) is 2.44. The topological polar surface area (TPSA) is 32.7 Å². The highest BCUT2D eigenvalue weighted by Gasteiger charge is 2.04. The van der Waals surface area contributed by atoms with Crippen molar-refractivity contribution >= 4 is 0 Å². The van der Waals surface area contributed by atoms with Gasteiger partial charge in [-0.05, 0) is 44.5 Å². The molecule has 1 rings (SSSR count). The maximum Gasteiger partial charge on any atom is 0.121 e. The first-order valence-electron chi connectivity index (χ1n) is 6.03. The van der Waals surface area contributed by atoms with Crippen LogP contribution in [-0.4, -0.2) is 36.8 Å². The predicted octanol–water partition coefficient (Wildman–Crippen LogP) is 2.21. The van der Waals surface area contributed by atoms with E-state index in [2.05, 4.69) is 31.0 Å². The molecular formula is C14H23NO2. The van der Waals surface area contributed by atoms with Crippen LogP contribution in [0.1, 0.15) is 24.5 Å². The molecule has 96 valence electrons. The average molecular weight is 237 g/mol. The van der Waals surface area contributed by atoms with Crippen LogP contribution in [-0.2, 0) is 6.54 Å². The Bertz CT molecular complexity index is 350. The Morgan fingerprint density at radius 3 is 2.65 bits per heavy atom. The van der Waals surface area contributed by atoms with Crippen molar-refractivity contribution in [3.05, 3.63) is 29.3 Å². The van der Waals surface area contributed by atoms with Crippen molar-refractivity contribution < 1.29 is 9.84 Å². The molecule has 0 radical (unpaired) electrons. The maximum absolute atomic E-state index is 9.24. The van der Waals surface area contributed by atoms with Crippen molar-refractivity contribution in [2.45, 2.75) is 32.9 Å². The number of hydrogen-bond acceptors (Lipinski definition) is 3. The molecule has 3 nitrogen and oxygen atoms in total. The van der Waals surface area contributed by atoms with Gasteiger partial charge >= 0.3 is 0 Å². The van der Waals surface area contributed by atoms with Gasteiger partial charge in [-0.3, -0.25) is 0 Å². The van der Waals surface area contributed by atoms with Gasteiger partial charge in [0.15, 0.2) is 0 Å². The summed E-state index contributed by atoms with van der Waals surface area (Å²) in [7, 11) is 3.76. The van der Waals surface area contributed by atoms with Gasteiger partial charge in [-0.1, -0.05) is 12.1 Å². The Hall–Kier alpha value is -1.06. The Kier molecular flexibility index (Phi) is 5.45. The quantitative estimate of drug-likeness (QED) is 0.823. The molecule has 1 N–H and O–H groups in total. The van der Waals surface area contributed by atoms with E-state index in [1.165, 1.54) is 5.56 Å². The monoisotopic (exact) mass is 237 g/mol. The van der Waals surface area contributed by atoms with Gasteiger partial charge in [0.25, 0.3) is 0 Å². The molecule has 0 heterocycles. The summed E-state index contributed by atoms with van der Waals surface area (Å²) < 4.78 is 5.24. The normalized spacial score (nSPS) is 12.8.